The molecule has 0 unspecified atom stereocenters. The van der Waals surface area contributed by atoms with Crippen LogP contribution < -0.4 is 9.64 Å². The van der Waals surface area contributed by atoms with E-state index in [2.05, 4.69) is 9.88 Å². The van der Waals surface area contributed by atoms with Crippen molar-refractivity contribution >= 4 is 22.5 Å². The number of fused-ring (bicyclic) bond motifs is 1. The summed E-state index contributed by atoms with van der Waals surface area (Å²) in [5, 5.41) is 0.544. The maximum absolute atomic E-state index is 13.8. The van der Waals surface area contributed by atoms with E-state index in [4.69, 9.17) is 4.74 Å². The minimum Gasteiger partial charge on any atom is -0.496 e. The molecule has 4 rings (SSSR count). The van der Waals surface area contributed by atoms with Crippen molar-refractivity contribution in [2.75, 3.05) is 38.2 Å². The Balaban J connectivity index is 1.56. The molecule has 0 N–H and O–H groups in total. The zero-order valence-corrected chi connectivity index (χ0v) is 16.3. The Morgan fingerprint density at radius 2 is 1.69 bits per heavy atom. The van der Waals surface area contributed by atoms with E-state index in [1.165, 1.54) is 31.4 Å². The number of rotatable bonds is 3. The Morgan fingerprint density at radius 3 is 2.34 bits per heavy atom. The third kappa shape index (κ3) is 3.72. The molecule has 0 aliphatic carbocycles. The van der Waals surface area contributed by atoms with Gasteiger partial charge in [-0.05, 0) is 48.9 Å². The van der Waals surface area contributed by atoms with Crippen LogP contribution in [0.3, 0.4) is 0 Å². The average molecular weight is 397 g/mol. The minimum absolute atomic E-state index is 0.187. The quantitative estimate of drug-likeness (QED) is 0.675. The van der Waals surface area contributed by atoms with Gasteiger partial charge in [-0.1, -0.05) is 0 Å². The number of hydrogen-bond acceptors (Lipinski definition) is 4. The monoisotopic (exact) mass is 397 g/mol. The number of aromatic nitrogens is 1. The van der Waals surface area contributed by atoms with Gasteiger partial charge >= 0.3 is 0 Å². The van der Waals surface area contributed by atoms with Crippen molar-refractivity contribution in [3.63, 3.8) is 0 Å². The molecule has 5 nitrogen and oxygen atoms in total. The summed E-state index contributed by atoms with van der Waals surface area (Å²) in [7, 11) is 1.49. The van der Waals surface area contributed by atoms with E-state index in [1.807, 2.05) is 0 Å². The second-order valence-electron chi connectivity index (χ2n) is 7.08. The van der Waals surface area contributed by atoms with Crippen LogP contribution in [0.4, 0.5) is 14.5 Å². The van der Waals surface area contributed by atoms with Gasteiger partial charge in [-0.15, -0.1) is 0 Å². The van der Waals surface area contributed by atoms with Gasteiger partial charge in [0.25, 0.3) is 5.91 Å². The SMILES string of the molecule is COc1cc(C(=O)N2CCN(c3ccc(F)cc3)CC2)nc2c(C)cc(F)cc12. The summed E-state index contributed by atoms with van der Waals surface area (Å²) in [4.78, 5) is 21.4. The predicted molar refractivity (Wildman–Crippen MR) is 108 cm³/mol. The lowest BCUT2D eigenvalue weighted by Gasteiger charge is -2.36. The van der Waals surface area contributed by atoms with E-state index >= 15 is 0 Å². The highest BCUT2D eigenvalue weighted by Gasteiger charge is 2.24. The molecule has 0 saturated carbocycles. The molecule has 29 heavy (non-hydrogen) atoms. The van der Waals surface area contributed by atoms with E-state index in [0.717, 1.165) is 5.69 Å². The standard InChI is InChI=1S/C22H21F2N3O2/c1-14-11-16(24)12-18-20(29-2)13-19(25-21(14)18)22(28)27-9-7-26(8-10-27)17-5-3-15(23)4-6-17/h3-6,11-13H,7-10H2,1-2H3. The van der Waals surface area contributed by atoms with Gasteiger partial charge in [-0.3, -0.25) is 4.79 Å². The number of amides is 1. The van der Waals surface area contributed by atoms with Crippen molar-refractivity contribution in [1.29, 1.82) is 0 Å². The van der Waals surface area contributed by atoms with Gasteiger partial charge in [0, 0.05) is 43.3 Å². The van der Waals surface area contributed by atoms with Crippen LogP contribution in [0.15, 0.2) is 42.5 Å². The number of ether oxygens (including phenoxy) is 1. The molecular weight excluding hydrogens is 376 g/mol. The number of nitrogens with zero attached hydrogens (tertiary/aromatic N) is 3. The van der Waals surface area contributed by atoms with Crippen LogP contribution in [0.1, 0.15) is 16.1 Å². The van der Waals surface area contributed by atoms with E-state index in [1.54, 1.807) is 30.0 Å². The van der Waals surface area contributed by atoms with Gasteiger partial charge in [0.2, 0.25) is 0 Å². The van der Waals surface area contributed by atoms with Crippen LogP contribution in [-0.4, -0.2) is 49.1 Å². The molecule has 2 heterocycles. The Labute approximate surface area is 167 Å². The number of pyridine rings is 1. The molecule has 1 fully saturated rings. The molecule has 7 heteroatoms. The van der Waals surface area contributed by atoms with Crippen molar-refractivity contribution in [2.24, 2.45) is 0 Å². The Bertz CT molecular complexity index is 1060. The molecule has 1 saturated heterocycles. The van der Waals surface area contributed by atoms with Crippen molar-refractivity contribution in [2.45, 2.75) is 6.92 Å². The number of carbonyl (C=O) groups excluding carboxylic acids is 1. The van der Waals surface area contributed by atoms with E-state index < -0.39 is 0 Å². The highest BCUT2D eigenvalue weighted by atomic mass is 19.1. The van der Waals surface area contributed by atoms with E-state index in [0.29, 0.717) is 48.4 Å². The molecule has 1 aliphatic rings. The number of anilines is 1. The van der Waals surface area contributed by atoms with Crippen molar-refractivity contribution in [3.8, 4) is 5.75 Å². The molecular formula is C22H21F2N3O2. The first-order valence-electron chi connectivity index (χ1n) is 9.41. The summed E-state index contributed by atoms with van der Waals surface area (Å²) in [6, 6.07) is 10.7. The number of hydrogen-bond donors (Lipinski definition) is 0. The van der Waals surface area contributed by atoms with Crippen LogP contribution >= 0.6 is 0 Å². The number of carbonyl (C=O) groups is 1. The van der Waals surface area contributed by atoms with Gasteiger partial charge in [0.1, 0.15) is 23.1 Å². The van der Waals surface area contributed by atoms with Crippen molar-refractivity contribution in [1.82, 2.24) is 9.88 Å². The Kier molecular flexibility index (Phi) is 5.05. The third-order valence-corrected chi connectivity index (χ3v) is 5.23. The molecule has 150 valence electrons. The molecule has 0 radical (unpaired) electrons. The van der Waals surface area contributed by atoms with E-state index in [-0.39, 0.29) is 23.2 Å². The summed E-state index contributed by atoms with van der Waals surface area (Å²) < 4.78 is 32.3. The lowest BCUT2D eigenvalue weighted by molar-refractivity contribution is 0.0741. The predicted octanol–water partition coefficient (Wildman–Crippen LogP) is 3.79. The van der Waals surface area contributed by atoms with Crippen molar-refractivity contribution < 1.29 is 18.3 Å². The van der Waals surface area contributed by atoms with Crippen LogP contribution in [0.5, 0.6) is 5.75 Å². The van der Waals surface area contributed by atoms with Gasteiger partial charge in [0.15, 0.2) is 0 Å². The number of halogens is 2. The first kappa shape index (κ1) is 19.1. The lowest BCUT2D eigenvalue weighted by atomic mass is 10.1. The summed E-state index contributed by atoms with van der Waals surface area (Å²) >= 11 is 0. The van der Waals surface area contributed by atoms with Gasteiger partial charge in [-0.25, -0.2) is 13.8 Å². The summed E-state index contributed by atoms with van der Waals surface area (Å²) in [6.07, 6.45) is 0. The van der Waals surface area contributed by atoms with E-state index in [9.17, 15) is 13.6 Å². The van der Waals surface area contributed by atoms with Crippen molar-refractivity contribution in [3.05, 3.63) is 65.4 Å². The normalized spacial score (nSPS) is 14.3. The fraction of sp³-hybridized carbons (Fsp3) is 0.273. The lowest BCUT2D eigenvalue weighted by Crippen LogP contribution is -2.49. The smallest absolute Gasteiger partial charge is 0.272 e. The maximum Gasteiger partial charge on any atom is 0.272 e. The highest BCUT2D eigenvalue weighted by molar-refractivity contribution is 5.98. The third-order valence-electron chi connectivity index (χ3n) is 5.23. The molecule has 1 aromatic heterocycles. The molecule has 1 aliphatic heterocycles. The van der Waals surface area contributed by atoms with Crippen LogP contribution in [0, 0.1) is 18.6 Å². The minimum atomic E-state index is -0.369. The summed E-state index contributed by atoms with van der Waals surface area (Å²) in [6.45, 7) is 4.10. The van der Waals surface area contributed by atoms with Gasteiger partial charge < -0.3 is 14.5 Å². The molecule has 0 spiro atoms. The largest absolute Gasteiger partial charge is 0.496 e. The first-order valence-corrected chi connectivity index (χ1v) is 9.41. The molecule has 0 bridgehead atoms. The molecule has 1 amide bonds. The number of aryl methyl sites for hydroxylation is 1. The molecule has 3 aromatic rings. The zero-order chi connectivity index (χ0) is 20.5. The van der Waals surface area contributed by atoms with Crippen LogP contribution in [-0.2, 0) is 0 Å². The Hall–Kier alpha value is -3.22. The fourth-order valence-electron chi connectivity index (χ4n) is 3.69. The molecule has 2 aromatic carbocycles. The molecule has 0 atom stereocenters. The topological polar surface area (TPSA) is 45.7 Å². The highest BCUT2D eigenvalue weighted by Crippen LogP contribution is 2.29. The second kappa shape index (κ2) is 7.66. The fourth-order valence-corrected chi connectivity index (χ4v) is 3.69. The first-order chi connectivity index (χ1) is 14.0. The van der Waals surface area contributed by atoms with Crippen LogP contribution in [0.25, 0.3) is 10.9 Å². The number of piperazine rings is 1. The zero-order valence-electron chi connectivity index (χ0n) is 16.3. The maximum atomic E-state index is 13.8. The summed E-state index contributed by atoms with van der Waals surface area (Å²) in [5.41, 5.74) is 2.41. The Morgan fingerprint density at radius 1 is 1.00 bits per heavy atom. The second-order valence-corrected chi connectivity index (χ2v) is 7.08. The number of benzene rings is 2. The summed E-state index contributed by atoms with van der Waals surface area (Å²) in [5.74, 6) is -0.404. The van der Waals surface area contributed by atoms with Gasteiger partial charge in [0.05, 0.1) is 12.6 Å². The van der Waals surface area contributed by atoms with Crippen LogP contribution in [0.2, 0.25) is 0 Å². The average Bonchev–Trinajstić information content (AvgIpc) is 2.73. The van der Waals surface area contributed by atoms with Gasteiger partial charge in [-0.2, -0.15) is 0 Å². The number of methoxy groups -OCH3 is 1.